The third-order valence-corrected chi connectivity index (χ3v) is 12.7. The number of ether oxygens (including phenoxy) is 2. The van der Waals surface area contributed by atoms with E-state index in [0.717, 1.165) is 15.8 Å². The lowest BCUT2D eigenvalue weighted by atomic mass is 9.44. The number of hydrogen-bond donors (Lipinski definition) is 1. The molecule has 0 bridgehead atoms. The summed E-state index contributed by atoms with van der Waals surface area (Å²) in [5.41, 5.74) is -4.42. The second kappa shape index (κ2) is 12.7. The largest absolute Gasteiger partial charge is 0.457 e. The number of rotatable bonds is 10. The first-order valence-electron chi connectivity index (χ1n) is 15.9. The molecule has 5 rings (SSSR count). The Morgan fingerprint density at radius 2 is 1.89 bits per heavy atom. The Labute approximate surface area is 276 Å². The van der Waals surface area contributed by atoms with Crippen molar-refractivity contribution in [2.24, 2.45) is 33.7 Å². The van der Waals surface area contributed by atoms with Crippen molar-refractivity contribution in [3.63, 3.8) is 0 Å². The monoisotopic (exact) mass is 707 g/mol. The predicted molar refractivity (Wildman–Crippen MR) is 172 cm³/mol. The Morgan fingerprint density at radius 3 is 2.56 bits per heavy atom. The SMILES string of the molecule is CCC(=O)OCC(=O)C1(OC(=O)CC)[C@@H](C)C[C@H]2[C@@H]3CCC4=C/C(=N\OCCc5ccc(Br)s5)C=C[C@]4(C)[C@@]3(F)[C@@H](O)C[C@@]21C. The van der Waals surface area contributed by atoms with Gasteiger partial charge in [-0.25, -0.2) is 4.39 Å². The van der Waals surface area contributed by atoms with E-state index in [1.54, 1.807) is 37.3 Å². The van der Waals surface area contributed by atoms with Gasteiger partial charge in [0.2, 0.25) is 5.78 Å². The van der Waals surface area contributed by atoms with Crippen molar-refractivity contribution < 1.29 is 38.2 Å². The first-order chi connectivity index (χ1) is 21.3. The second-order valence-electron chi connectivity index (χ2n) is 13.3. The average molecular weight is 709 g/mol. The van der Waals surface area contributed by atoms with Gasteiger partial charge in [-0.05, 0) is 78.7 Å². The Kier molecular flexibility index (Phi) is 9.57. The van der Waals surface area contributed by atoms with Crippen LogP contribution in [0.1, 0.15) is 78.0 Å². The maximum absolute atomic E-state index is 17.9. The molecule has 8 nitrogen and oxygen atoms in total. The Hall–Kier alpha value is -2.37. The molecule has 246 valence electrons. The fraction of sp³-hybridized carbons (Fsp3) is 0.647. The number of alkyl halides is 1. The number of aliphatic hydroxyl groups excluding tert-OH is 1. The minimum atomic E-state index is -2.03. The fourth-order valence-corrected chi connectivity index (χ4v) is 10.3. The highest BCUT2D eigenvalue weighted by Gasteiger charge is 2.77. The molecule has 11 heteroatoms. The van der Waals surface area contributed by atoms with Gasteiger partial charge in [0.15, 0.2) is 17.9 Å². The number of aliphatic hydroxyl groups is 1. The highest BCUT2D eigenvalue weighted by Crippen LogP contribution is 2.71. The van der Waals surface area contributed by atoms with Crippen LogP contribution in [0.5, 0.6) is 0 Å². The molecule has 4 aliphatic carbocycles. The van der Waals surface area contributed by atoms with E-state index in [1.165, 1.54) is 4.88 Å². The van der Waals surface area contributed by atoms with Crippen LogP contribution in [0.2, 0.25) is 0 Å². The summed E-state index contributed by atoms with van der Waals surface area (Å²) in [7, 11) is 0. The standard InChI is InChI=1S/C34H43BrFNO7S/c1-6-29(40)42-19-27(39)34(44-30(41)7-2)20(3)16-25-24-10-8-21-17-22(37-43-15-13-23-9-11-28(35)45-23)12-14-31(21,4)33(24,36)26(38)18-32(25,34)5/h9,11-12,14,17,20,24-26,38H,6-8,10,13,15-16,18-19H2,1-5H3/b37-22-/t20-,24-,25-,26-,31-,32-,33-,34?/m0/s1. The summed E-state index contributed by atoms with van der Waals surface area (Å²) in [6.45, 7) is 8.67. The van der Waals surface area contributed by atoms with Gasteiger partial charge < -0.3 is 19.4 Å². The first-order valence-corrected chi connectivity index (χ1v) is 17.5. The molecule has 0 spiro atoms. The lowest BCUT2D eigenvalue weighted by molar-refractivity contribution is -0.228. The van der Waals surface area contributed by atoms with E-state index in [4.69, 9.17) is 14.3 Å². The summed E-state index contributed by atoms with van der Waals surface area (Å²) in [6.07, 6.45) is 6.24. The molecule has 0 radical (unpaired) electrons. The molecule has 3 fully saturated rings. The summed E-state index contributed by atoms with van der Waals surface area (Å²) < 4.78 is 30.3. The van der Waals surface area contributed by atoms with Gasteiger partial charge >= 0.3 is 11.9 Å². The Bertz CT molecular complexity index is 1440. The number of halogens is 2. The van der Waals surface area contributed by atoms with Crippen LogP contribution in [0.25, 0.3) is 0 Å². The van der Waals surface area contributed by atoms with E-state index in [9.17, 15) is 19.5 Å². The summed E-state index contributed by atoms with van der Waals surface area (Å²) in [4.78, 5) is 45.6. The topological polar surface area (TPSA) is 111 Å². The molecule has 0 aromatic carbocycles. The normalized spacial score (nSPS) is 37.7. The lowest BCUT2D eigenvalue weighted by Gasteiger charge is -2.62. The lowest BCUT2D eigenvalue weighted by Crippen LogP contribution is -2.70. The van der Waals surface area contributed by atoms with Crippen molar-refractivity contribution in [2.75, 3.05) is 13.2 Å². The molecule has 8 atom stereocenters. The number of fused-ring (bicyclic) bond motifs is 5. The van der Waals surface area contributed by atoms with Crippen LogP contribution < -0.4 is 0 Å². The zero-order valence-electron chi connectivity index (χ0n) is 26.6. The minimum absolute atomic E-state index is 0.0483. The van der Waals surface area contributed by atoms with Crippen LogP contribution in [0.4, 0.5) is 4.39 Å². The van der Waals surface area contributed by atoms with Gasteiger partial charge in [0.1, 0.15) is 12.3 Å². The van der Waals surface area contributed by atoms with Crippen LogP contribution in [0, 0.1) is 28.6 Å². The van der Waals surface area contributed by atoms with Crippen molar-refractivity contribution in [1.82, 2.24) is 0 Å². The number of carbonyl (C=O) groups excluding carboxylic acids is 3. The van der Waals surface area contributed by atoms with E-state index >= 15 is 4.39 Å². The van der Waals surface area contributed by atoms with Crippen LogP contribution in [0.15, 0.2) is 44.9 Å². The summed E-state index contributed by atoms with van der Waals surface area (Å²) in [5, 5.41) is 16.1. The molecule has 0 aliphatic heterocycles. The molecule has 1 aromatic heterocycles. The smallest absolute Gasteiger partial charge is 0.306 e. The van der Waals surface area contributed by atoms with Crippen LogP contribution in [-0.2, 0) is 35.1 Å². The van der Waals surface area contributed by atoms with Gasteiger partial charge in [-0.2, -0.15) is 0 Å². The van der Waals surface area contributed by atoms with E-state index in [2.05, 4.69) is 21.1 Å². The molecule has 3 saturated carbocycles. The van der Waals surface area contributed by atoms with Gasteiger partial charge in [0, 0.05) is 46.8 Å². The Balaban J connectivity index is 1.42. The molecule has 1 N–H and O–H groups in total. The van der Waals surface area contributed by atoms with Crippen molar-refractivity contribution >= 4 is 50.7 Å². The number of oxime groups is 1. The fourth-order valence-electron chi connectivity index (χ4n) is 8.83. The summed E-state index contributed by atoms with van der Waals surface area (Å²) in [5.74, 6) is -3.05. The van der Waals surface area contributed by atoms with Gasteiger partial charge in [-0.3, -0.25) is 14.4 Å². The zero-order valence-corrected chi connectivity index (χ0v) is 29.0. The number of hydrogen-bond acceptors (Lipinski definition) is 9. The molecule has 4 aliphatic rings. The highest BCUT2D eigenvalue weighted by atomic mass is 79.9. The number of nitrogens with zero attached hydrogens (tertiary/aromatic N) is 1. The molecule has 0 saturated heterocycles. The van der Waals surface area contributed by atoms with Crippen LogP contribution >= 0.6 is 27.3 Å². The molecule has 1 unspecified atom stereocenters. The number of Topliss-reactive ketones (excluding diaryl/α,β-unsaturated/α-hetero) is 1. The predicted octanol–water partition coefficient (Wildman–Crippen LogP) is 6.69. The van der Waals surface area contributed by atoms with Crippen molar-refractivity contribution in [1.29, 1.82) is 0 Å². The maximum atomic E-state index is 17.9. The van der Waals surface area contributed by atoms with Crippen LogP contribution in [0.3, 0.4) is 0 Å². The number of ketones is 1. The molecule has 1 aromatic rings. The number of esters is 2. The van der Waals surface area contributed by atoms with E-state index < -0.39 is 64.4 Å². The molecule has 45 heavy (non-hydrogen) atoms. The van der Waals surface area contributed by atoms with Crippen molar-refractivity contribution in [3.05, 3.63) is 44.6 Å². The minimum Gasteiger partial charge on any atom is -0.457 e. The number of carbonyl (C=O) groups is 3. The third-order valence-electron chi connectivity index (χ3n) is 11.1. The summed E-state index contributed by atoms with van der Waals surface area (Å²) in [6, 6.07) is 4.04. The number of allylic oxidation sites excluding steroid dienone is 4. The van der Waals surface area contributed by atoms with Gasteiger partial charge in [0.05, 0.1) is 9.89 Å². The highest BCUT2D eigenvalue weighted by molar-refractivity contribution is 9.11. The Morgan fingerprint density at radius 1 is 1.16 bits per heavy atom. The van der Waals surface area contributed by atoms with Gasteiger partial charge in [-0.1, -0.05) is 44.5 Å². The van der Waals surface area contributed by atoms with E-state index in [-0.39, 0.29) is 25.2 Å². The molecule has 0 amide bonds. The average Bonchev–Trinajstić information content (AvgIpc) is 3.52. The maximum Gasteiger partial charge on any atom is 0.306 e. The third kappa shape index (κ3) is 5.44. The number of thiophene rings is 1. The van der Waals surface area contributed by atoms with Crippen molar-refractivity contribution in [3.8, 4) is 0 Å². The first kappa shape index (κ1) is 34.0. The van der Waals surface area contributed by atoms with E-state index in [0.29, 0.717) is 31.6 Å². The molecular formula is C34H43BrFNO7S. The van der Waals surface area contributed by atoms with Crippen molar-refractivity contribution in [2.45, 2.75) is 96.9 Å². The quantitative estimate of drug-likeness (QED) is 0.164. The zero-order chi connectivity index (χ0) is 32.8. The molecular weight excluding hydrogens is 665 g/mol. The van der Waals surface area contributed by atoms with Gasteiger partial charge in [-0.15, -0.1) is 11.3 Å². The molecule has 1 heterocycles. The summed E-state index contributed by atoms with van der Waals surface area (Å²) >= 11 is 5.11. The van der Waals surface area contributed by atoms with E-state index in [1.807, 2.05) is 39.0 Å². The van der Waals surface area contributed by atoms with Gasteiger partial charge in [0.25, 0.3) is 0 Å². The second-order valence-corrected chi connectivity index (χ2v) is 15.9. The van der Waals surface area contributed by atoms with Crippen LogP contribution in [-0.4, -0.2) is 59.1 Å².